The average Bonchev–Trinajstić information content (AvgIpc) is 2.55. The van der Waals surface area contributed by atoms with E-state index in [0.717, 1.165) is 0 Å². The summed E-state index contributed by atoms with van der Waals surface area (Å²) in [5.74, 6) is 0.0646. The third-order valence-corrected chi connectivity index (χ3v) is 3.39. The Kier molecular flexibility index (Phi) is 4.22. The lowest BCUT2D eigenvalue weighted by Crippen LogP contribution is -2.37. The molecule has 1 amide bonds. The Balaban J connectivity index is 2.24. The van der Waals surface area contributed by atoms with Gasteiger partial charge in [0.25, 0.3) is 0 Å². The van der Waals surface area contributed by atoms with Crippen LogP contribution in [0.1, 0.15) is 26.3 Å². The maximum Gasteiger partial charge on any atom is 0.410 e. The molecule has 20 heavy (non-hydrogen) atoms. The third-order valence-electron chi connectivity index (χ3n) is 2.76. The molecule has 6 heteroatoms. The van der Waals surface area contributed by atoms with Gasteiger partial charge in [0.2, 0.25) is 0 Å². The lowest BCUT2D eigenvalue weighted by atomic mass is 10.2. The highest BCUT2D eigenvalue weighted by atomic mass is 79.9. The van der Waals surface area contributed by atoms with E-state index in [1.807, 2.05) is 0 Å². The van der Waals surface area contributed by atoms with E-state index in [9.17, 15) is 9.18 Å². The first-order chi connectivity index (χ1) is 9.28. The second kappa shape index (κ2) is 5.60. The molecular weight excluding hydrogens is 329 g/mol. The second-order valence-corrected chi connectivity index (χ2v) is 6.44. The van der Waals surface area contributed by atoms with Crippen molar-refractivity contribution in [1.29, 1.82) is 0 Å². The van der Waals surface area contributed by atoms with Gasteiger partial charge in [0.05, 0.1) is 23.1 Å². The molecule has 110 valence electrons. The molecule has 4 nitrogen and oxygen atoms in total. The molecule has 0 fully saturated rings. The van der Waals surface area contributed by atoms with Crippen molar-refractivity contribution in [3.63, 3.8) is 0 Å². The maximum absolute atomic E-state index is 13.9. The zero-order valence-electron chi connectivity index (χ0n) is 11.7. The summed E-state index contributed by atoms with van der Waals surface area (Å²) in [6, 6.07) is 2.95. The Labute approximate surface area is 126 Å². The van der Waals surface area contributed by atoms with Gasteiger partial charge >= 0.3 is 6.09 Å². The van der Waals surface area contributed by atoms with Crippen molar-refractivity contribution in [2.75, 3.05) is 13.2 Å². The molecule has 1 aromatic carbocycles. The van der Waals surface area contributed by atoms with Gasteiger partial charge in [-0.15, -0.1) is 0 Å². The van der Waals surface area contributed by atoms with Gasteiger partial charge in [-0.05, 0) is 48.8 Å². The summed E-state index contributed by atoms with van der Waals surface area (Å²) < 4.78 is 25.5. The Hall–Kier alpha value is -1.30. The van der Waals surface area contributed by atoms with Gasteiger partial charge in [0.15, 0.2) is 0 Å². The molecule has 1 aromatic rings. The molecule has 0 spiro atoms. The van der Waals surface area contributed by atoms with Crippen LogP contribution in [0, 0.1) is 5.82 Å². The van der Waals surface area contributed by atoms with Crippen LogP contribution in [0.4, 0.5) is 9.18 Å². The predicted molar refractivity (Wildman–Crippen MR) is 76.2 cm³/mol. The molecule has 1 heterocycles. The first-order valence-corrected chi connectivity index (χ1v) is 7.15. The van der Waals surface area contributed by atoms with Gasteiger partial charge in [-0.25, -0.2) is 9.18 Å². The van der Waals surface area contributed by atoms with Gasteiger partial charge in [-0.3, -0.25) is 0 Å². The number of fused-ring (bicyclic) bond motifs is 1. The van der Waals surface area contributed by atoms with E-state index in [0.29, 0.717) is 28.9 Å². The topological polar surface area (TPSA) is 38.8 Å². The maximum atomic E-state index is 13.9. The standard InChI is InChI=1S/C14H17BrFNO3/c1-14(2,3)20-13(18)17-6-7-19-12-9(8-17)11(16)5-4-10(12)15/h4-5H,6-8H2,1-3H3. The molecule has 1 aliphatic rings. The minimum Gasteiger partial charge on any atom is -0.490 e. The van der Waals surface area contributed by atoms with Crippen LogP contribution in [0.2, 0.25) is 0 Å². The van der Waals surface area contributed by atoms with E-state index in [1.54, 1.807) is 26.8 Å². The molecule has 1 aliphatic heterocycles. The molecule has 0 radical (unpaired) electrons. The lowest BCUT2D eigenvalue weighted by Gasteiger charge is -2.26. The third kappa shape index (κ3) is 3.42. The lowest BCUT2D eigenvalue weighted by molar-refractivity contribution is 0.0224. The van der Waals surface area contributed by atoms with E-state index in [1.165, 1.54) is 11.0 Å². The van der Waals surface area contributed by atoms with Crippen LogP contribution in [-0.2, 0) is 11.3 Å². The first kappa shape index (κ1) is 15.1. The zero-order chi connectivity index (χ0) is 14.9. The fourth-order valence-electron chi connectivity index (χ4n) is 1.89. The Morgan fingerprint density at radius 2 is 2.15 bits per heavy atom. The van der Waals surface area contributed by atoms with Crippen molar-refractivity contribution in [3.05, 3.63) is 28.0 Å². The minimum atomic E-state index is -0.580. The molecule has 0 unspecified atom stereocenters. The van der Waals surface area contributed by atoms with Gasteiger partial charge in [-0.2, -0.15) is 0 Å². The number of rotatable bonds is 0. The first-order valence-electron chi connectivity index (χ1n) is 6.35. The molecule has 0 bridgehead atoms. The SMILES string of the molecule is CC(C)(C)OC(=O)N1CCOc2c(Br)ccc(F)c2C1. The van der Waals surface area contributed by atoms with E-state index in [2.05, 4.69) is 15.9 Å². The number of benzene rings is 1. The second-order valence-electron chi connectivity index (χ2n) is 5.59. The van der Waals surface area contributed by atoms with E-state index in [4.69, 9.17) is 9.47 Å². The molecule has 0 aliphatic carbocycles. The van der Waals surface area contributed by atoms with Crippen molar-refractivity contribution in [1.82, 2.24) is 4.90 Å². The zero-order valence-corrected chi connectivity index (χ0v) is 13.3. The summed E-state index contributed by atoms with van der Waals surface area (Å²) in [4.78, 5) is 13.5. The van der Waals surface area contributed by atoms with Crippen LogP contribution in [0.25, 0.3) is 0 Å². The van der Waals surface area contributed by atoms with E-state index < -0.39 is 17.5 Å². The predicted octanol–water partition coefficient (Wildman–Crippen LogP) is 3.72. The van der Waals surface area contributed by atoms with Crippen molar-refractivity contribution >= 4 is 22.0 Å². The summed E-state index contributed by atoms with van der Waals surface area (Å²) in [6.07, 6.45) is -0.465. The number of hydrogen-bond donors (Lipinski definition) is 0. The van der Waals surface area contributed by atoms with Crippen LogP contribution < -0.4 is 4.74 Å². The summed E-state index contributed by atoms with van der Waals surface area (Å²) in [5, 5.41) is 0. The molecule has 0 atom stereocenters. The van der Waals surface area contributed by atoms with Gasteiger partial charge in [0, 0.05) is 0 Å². The molecule has 0 saturated carbocycles. The number of nitrogens with zero attached hydrogens (tertiary/aromatic N) is 1. The quantitative estimate of drug-likeness (QED) is 0.719. The molecular formula is C14H17BrFNO3. The molecule has 0 saturated heterocycles. The number of ether oxygens (including phenoxy) is 2. The molecule has 2 rings (SSSR count). The van der Waals surface area contributed by atoms with Crippen molar-refractivity contribution < 1.29 is 18.7 Å². The van der Waals surface area contributed by atoms with Gasteiger partial charge < -0.3 is 14.4 Å². The van der Waals surface area contributed by atoms with Crippen LogP contribution >= 0.6 is 15.9 Å². The average molecular weight is 346 g/mol. The molecule has 0 aromatic heterocycles. The number of carbonyl (C=O) groups excluding carboxylic acids is 1. The normalized spacial score (nSPS) is 15.2. The Morgan fingerprint density at radius 1 is 1.45 bits per heavy atom. The Bertz CT molecular complexity index is 528. The number of halogens is 2. The summed E-state index contributed by atoms with van der Waals surface area (Å²) in [6.45, 7) is 6.18. The van der Waals surface area contributed by atoms with Gasteiger partial charge in [-0.1, -0.05) is 0 Å². The van der Waals surface area contributed by atoms with Crippen molar-refractivity contribution in [3.8, 4) is 5.75 Å². The van der Waals surface area contributed by atoms with Crippen LogP contribution in [0.15, 0.2) is 16.6 Å². The summed E-state index contributed by atoms with van der Waals surface area (Å²) in [5.41, 5.74) is -0.217. The number of amides is 1. The van der Waals surface area contributed by atoms with Crippen LogP contribution in [-0.4, -0.2) is 29.7 Å². The highest BCUT2D eigenvalue weighted by Crippen LogP contribution is 2.33. The fourth-order valence-corrected chi connectivity index (χ4v) is 2.37. The van der Waals surface area contributed by atoms with Crippen molar-refractivity contribution in [2.24, 2.45) is 0 Å². The highest BCUT2D eigenvalue weighted by Gasteiger charge is 2.27. The Morgan fingerprint density at radius 3 is 2.80 bits per heavy atom. The van der Waals surface area contributed by atoms with E-state index >= 15 is 0 Å². The van der Waals surface area contributed by atoms with Crippen LogP contribution in [0.5, 0.6) is 5.75 Å². The monoisotopic (exact) mass is 345 g/mol. The summed E-state index contributed by atoms with van der Waals surface area (Å²) >= 11 is 3.33. The largest absolute Gasteiger partial charge is 0.490 e. The van der Waals surface area contributed by atoms with Crippen LogP contribution in [0.3, 0.4) is 0 Å². The van der Waals surface area contributed by atoms with Gasteiger partial charge in [0.1, 0.15) is 23.8 Å². The minimum absolute atomic E-state index is 0.134. The van der Waals surface area contributed by atoms with Crippen molar-refractivity contribution in [2.45, 2.75) is 32.9 Å². The summed E-state index contributed by atoms with van der Waals surface area (Å²) in [7, 11) is 0. The fraction of sp³-hybridized carbons (Fsp3) is 0.500. The smallest absolute Gasteiger partial charge is 0.410 e. The van der Waals surface area contributed by atoms with E-state index in [-0.39, 0.29) is 6.54 Å². The number of carbonyl (C=O) groups is 1. The molecule has 0 N–H and O–H groups in total. The highest BCUT2D eigenvalue weighted by molar-refractivity contribution is 9.10. The number of hydrogen-bond acceptors (Lipinski definition) is 3.